The molecule has 0 amide bonds. The van der Waals surface area contributed by atoms with Crippen molar-refractivity contribution in [2.75, 3.05) is 0 Å². The number of carbonyl (C=O) groups excluding carboxylic acids is 1. The molecule has 0 aromatic carbocycles. The Kier molecular flexibility index (Phi) is 4.22. The third-order valence-corrected chi connectivity index (χ3v) is 3.22. The molecule has 0 heterocycles. The summed E-state index contributed by atoms with van der Waals surface area (Å²) >= 11 is -0.340. The Labute approximate surface area is 57.2 Å². The standard InChI is InChI=1S/C4H9.C2H3O.Al.H/c1-4(2)3;1-2-3;;/h4H,1H2,2-3H3;1H3;;. The highest BCUT2D eigenvalue weighted by atomic mass is 27.1. The Bertz CT molecular complexity index is 78.6. The SMILES string of the molecule is C[C](=O)[AlH][CH2]C(C)C. The van der Waals surface area contributed by atoms with Crippen LogP contribution in [0.2, 0.25) is 5.28 Å². The van der Waals surface area contributed by atoms with Gasteiger partial charge in [0.05, 0.1) is 0 Å². The van der Waals surface area contributed by atoms with Crippen LogP contribution in [0.1, 0.15) is 20.8 Å². The zero-order chi connectivity index (χ0) is 6.57. The molecule has 2 heteroatoms. The highest BCUT2D eigenvalue weighted by molar-refractivity contribution is 6.73. The molecule has 46 valence electrons. The maximum absolute atomic E-state index is 10.4. The molecule has 0 saturated heterocycles. The molecule has 0 rings (SSSR count). The van der Waals surface area contributed by atoms with E-state index >= 15 is 0 Å². The van der Waals surface area contributed by atoms with Gasteiger partial charge in [-0.15, -0.1) is 0 Å². The molecule has 0 aromatic heterocycles. The van der Waals surface area contributed by atoms with Crippen molar-refractivity contribution in [3.05, 3.63) is 0 Å². The van der Waals surface area contributed by atoms with E-state index in [1.54, 1.807) is 6.92 Å². The average molecular weight is 128 g/mol. The lowest BCUT2D eigenvalue weighted by Crippen LogP contribution is -2.05. The van der Waals surface area contributed by atoms with Gasteiger partial charge in [0.25, 0.3) is 0 Å². The monoisotopic (exact) mass is 128 g/mol. The zero-order valence-corrected chi connectivity index (χ0v) is 7.31. The molecule has 0 aromatic rings. The number of rotatable bonds is 3. The maximum atomic E-state index is 10.4. The third-order valence-electron chi connectivity index (χ3n) is 1.07. The normalized spacial score (nSPS) is 9.50. The van der Waals surface area contributed by atoms with Gasteiger partial charge in [0.2, 0.25) is 0 Å². The molecular formula is C6H13AlO. The van der Waals surface area contributed by atoms with Crippen LogP contribution in [0.3, 0.4) is 0 Å². The van der Waals surface area contributed by atoms with Crippen LogP contribution >= 0.6 is 0 Å². The second-order valence-corrected chi connectivity index (χ2v) is 4.71. The first kappa shape index (κ1) is 8.20. The molecular weight excluding hydrogens is 115 g/mol. The topological polar surface area (TPSA) is 17.1 Å². The van der Waals surface area contributed by atoms with E-state index in [4.69, 9.17) is 0 Å². The molecule has 0 bridgehead atoms. The molecule has 0 fully saturated rings. The van der Waals surface area contributed by atoms with Crippen LogP contribution in [0.5, 0.6) is 0 Å². The molecule has 0 atom stereocenters. The number of hydrogen-bond donors (Lipinski definition) is 0. The van der Waals surface area contributed by atoms with Crippen LogP contribution in [0.25, 0.3) is 0 Å². The summed E-state index contributed by atoms with van der Waals surface area (Å²) in [5, 5.41) is 1.18. The molecule has 0 unspecified atom stereocenters. The summed E-state index contributed by atoms with van der Waals surface area (Å²) < 4.78 is 0.443. The lowest BCUT2D eigenvalue weighted by atomic mass is 10.3. The van der Waals surface area contributed by atoms with Crippen LogP contribution in [0.4, 0.5) is 0 Å². The van der Waals surface area contributed by atoms with Crippen molar-refractivity contribution >= 4 is 19.9 Å². The largest absolute Gasteiger partial charge is 0.342 e. The Morgan fingerprint density at radius 2 is 2.12 bits per heavy atom. The van der Waals surface area contributed by atoms with E-state index in [1.165, 1.54) is 5.28 Å². The fraction of sp³-hybridized carbons (Fsp3) is 0.833. The highest BCUT2D eigenvalue weighted by Crippen LogP contribution is 1.97. The van der Waals surface area contributed by atoms with Gasteiger partial charge in [0.15, 0.2) is 0 Å². The van der Waals surface area contributed by atoms with Gasteiger partial charge in [-0.3, -0.25) is 0 Å². The zero-order valence-electron chi connectivity index (χ0n) is 5.90. The summed E-state index contributed by atoms with van der Waals surface area (Å²) in [5.41, 5.74) is 0. The summed E-state index contributed by atoms with van der Waals surface area (Å²) in [5.74, 6) is 0.727. The van der Waals surface area contributed by atoms with Crippen molar-refractivity contribution < 1.29 is 4.79 Å². The van der Waals surface area contributed by atoms with Gasteiger partial charge in [-0.1, -0.05) is 25.0 Å². The quantitative estimate of drug-likeness (QED) is 0.519. The lowest BCUT2D eigenvalue weighted by Gasteiger charge is -1.96. The molecule has 0 aliphatic rings. The Balaban J connectivity index is 3.05. The van der Waals surface area contributed by atoms with Crippen molar-refractivity contribution in [3.63, 3.8) is 0 Å². The van der Waals surface area contributed by atoms with Crippen LogP contribution in [-0.4, -0.2) is 19.9 Å². The second kappa shape index (κ2) is 4.12. The Morgan fingerprint density at radius 3 is 2.25 bits per heavy atom. The minimum absolute atomic E-state index is 0.340. The smallest absolute Gasteiger partial charge is 0.322 e. The van der Waals surface area contributed by atoms with Gasteiger partial charge in [0.1, 0.15) is 0 Å². The first-order chi connectivity index (χ1) is 3.63. The van der Waals surface area contributed by atoms with Gasteiger partial charge in [-0.25, -0.2) is 0 Å². The van der Waals surface area contributed by atoms with Crippen LogP contribution < -0.4 is 0 Å². The average Bonchev–Trinajstić information content (AvgIpc) is 1.61. The van der Waals surface area contributed by atoms with Gasteiger partial charge in [-0.2, -0.15) is 0 Å². The first-order valence-electron chi connectivity index (χ1n) is 3.12. The summed E-state index contributed by atoms with van der Waals surface area (Å²) in [6, 6.07) is 0. The van der Waals surface area contributed by atoms with E-state index < -0.39 is 0 Å². The molecule has 0 saturated carbocycles. The van der Waals surface area contributed by atoms with Gasteiger partial charge < -0.3 is 4.79 Å². The molecule has 1 nitrogen and oxygen atoms in total. The summed E-state index contributed by atoms with van der Waals surface area (Å²) in [6.45, 7) is 6.03. The van der Waals surface area contributed by atoms with Crippen molar-refractivity contribution in [1.82, 2.24) is 0 Å². The van der Waals surface area contributed by atoms with Gasteiger partial charge in [-0.05, 0) is 6.92 Å². The van der Waals surface area contributed by atoms with E-state index in [0.717, 1.165) is 5.92 Å². The highest BCUT2D eigenvalue weighted by Gasteiger charge is 2.00. The van der Waals surface area contributed by atoms with E-state index in [9.17, 15) is 4.79 Å². The summed E-state index contributed by atoms with van der Waals surface area (Å²) in [4.78, 5) is 10.4. The third kappa shape index (κ3) is 6.20. The Hall–Kier alpha value is 0.202. The molecule has 0 aliphatic carbocycles. The fourth-order valence-electron chi connectivity index (χ4n) is 0.492. The second-order valence-electron chi connectivity index (χ2n) is 2.63. The van der Waals surface area contributed by atoms with Gasteiger partial charge in [0, 0.05) is 4.65 Å². The van der Waals surface area contributed by atoms with Crippen molar-refractivity contribution in [1.29, 1.82) is 0 Å². The van der Waals surface area contributed by atoms with Crippen molar-refractivity contribution in [2.24, 2.45) is 5.92 Å². The minimum atomic E-state index is -0.340. The number of hydrogen-bond acceptors (Lipinski definition) is 1. The van der Waals surface area contributed by atoms with E-state index in [1.807, 2.05) is 0 Å². The van der Waals surface area contributed by atoms with E-state index in [-0.39, 0.29) is 15.2 Å². The first-order valence-corrected chi connectivity index (χ1v) is 4.83. The predicted molar refractivity (Wildman–Crippen MR) is 37.5 cm³/mol. The molecule has 0 N–H and O–H groups in total. The van der Waals surface area contributed by atoms with Crippen LogP contribution in [0, 0.1) is 5.92 Å². The maximum Gasteiger partial charge on any atom is 0.342 e. The Morgan fingerprint density at radius 1 is 1.62 bits per heavy atom. The molecule has 8 heavy (non-hydrogen) atoms. The predicted octanol–water partition coefficient (Wildman–Crippen LogP) is 1.04. The van der Waals surface area contributed by atoms with Crippen molar-refractivity contribution in [2.45, 2.75) is 26.1 Å². The minimum Gasteiger partial charge on any atom is -0.322 e. The van der Waals surface area contributed by atoms with E-state index in [2.05, 4.69) is 13.8 Å². The van der Waals surface area contributed by atoms with Crippen LogP contribution in [0.15, 0.2) is 0 Å². The van der Waals surface area contributed by atoms with Crippen molar-refractivity contribution in [3.8, 4) is 0 Å². The lowest BCUT2D eigenvalue weighted by molar-refractivity contribution is -0.110. The fourth-order valence-corrected chi connectivity index (χ4v) is 1.48. The summed E-state index contributed by atoms with van der Waals surface area (Å²) in [6.07, 6.45) is 0. The molecule has 0 aliphatic heterocycles. The van der Waals surface area contributed by atoms with Crippen LogP contribution in [-0.2, 0) is 4.79 Å². The number of carbonyl (C=O) groups is 1. The molecule has 0 radical (unpaired) electrons. The van der Waals surface area contributed by atoms with Gasteiger partial charge >= 0.3 is 15.2 Å². The van der Waals surface area contributed by atoms with E-state index in [0.29, 0.717) is 4.65 Å². The summed E-state index contributed by atoms with van der Waals surface area (Å²) in [7, 11) is 0. The molecule has 0 spiro atoms.